The average molecular weight is 676 g/mol. The van der Waals surface area contributed by atoms with Gasteiger partial charge in [0.1, 0.15) is 5.60 Å². The molecule has 3 aliphatic rings. The van der Waals surface area contributed by atoms with Crippen molar-refractivity contribution in [2.75, 3.05) is 91.1 Å². The molecule has 12 heteroatoms. The molecule has 0 spiro atoms. The van der Waals surface area contributed by atoms with Gasteiger partial charge < -0.3 is 28.4 Å². The molecule has 2 bridgehead atoms. The number of fused-ring (bicyclic) bond motifs is 5. The number of thiazole rings is 1. The molecule has 2 heterocycles. The smallest absolute Gasteiger partial charge is 0.416 e. The summed E-state index contributed by atoms with van der Waals surface area (Å²) in [7, 11) is 1.64. The Morgan fingerprint density at radius 2 is 1.62 bits per heavy atom. The summed E-state index contributed by atoms with van der Waals surface area (Å²) in [5.41, 5.74) is 1.94. The molecule has 47 heavy (non-hydrogen) atoms. The van der Waals surface area contributed by atoms with Crippen molar-refractivity contribution in [2.45, 2.75) is 70.9 Å². The zero-order valence-corrected chi connectivity index (χ0v) is 29.8. The fourth-order valence-electron chi connectivity index (χ4n) is 6.57. The van der Waals surface area contributed by atoms with Gasteiger partial charge in [0.2, 0.25) is 0 Å². The van der Waals surface area contributed by atoms with E-state index in [0.717, 1.165) is 46.8 Å². The first-order valence-corrected chi connectivity index (χ1v) is 17.9. The van der Waals surface area contributed by atoms with Gasteiger partial charge >= 0.3 is 6.09 Å². The van der Waals surface area contributed by atoms with Crippen molar-refractivity contribution in [3.8, 4) is 0 Å². The van der Waals surface area contributed by atoms with Crippen molar-refractivity contribution in [1.82, 2.24) is 9.88 Å². The first-order valence-electron chi connectivity index (χ1n) is 17.1. The minimum absolute atomic E-state index is 0.0792. The molecule has 1 saturated carbocycles. The Kier molecular flexibility index (Phi) is 12.3. The second-order valence-corrected chi connectivity index (χ2v) is 15.1. The van der Waals surface area contributed by atoms with E-state index < -0.39 is 11.7 Å². The number of ketones is 1. The topological polar surface area (TPSA) is 109 Å². The molecule has 0 N–H and O–H groups in total. The van der Waals surface area contributed by atoms with Crippen LogP contribution in [0.15, 0.2) is 12.1 Å². The Morgan fingerprint density at radius 1 is 1.00 bits per heavy atom. The Bertz CT molecular complexity index is 1360. The third-order valence-electron chi connectivity index (χ3n) is 9.50. The summed E-state index contributed by atoms with van der Waals surface area (Å²) in [6.45, 7) is 16.5. The number of likely N-dealkylation sites (tertiary alicyclic amines) is 1. The van der Waals surface area contributed by atoms with E-state index in [2.05, 4.69) is 24.8 Å². The molecule has 1 aliphatic heterocycles. The number of Topliss-reactive ketones (excluding diaryl/α,β-unsaturated/α-hetero) is 1. The normalized spacial score (nSPS) is 22.9. The first kappa shape index (κ1) is 36.1. The van der Waals surface area contributed by atoms with Crippen molar-refractivity contribution in [3.05, 3.63) is 23.3 Å². The number of nitrogens with zero attached hydrogens (tertiary/aromatic N) is 3. The van der Waals surface area contributed by atoms with Gasteiger partial charge in [-0.3, -0.25) is 14.6 Å². The highest BCUT2D eigenvalue weighted by molar-refractivity contribution is 7.22. The fourth-order valence-corrected chi connectivity index (χ4v) is 7.57. The molecule has 11 nitrogen and oxygen atoms in total. The van der Waals surface area contributed by atoms with Crippen LogP contribution in [-0.2, 0) is 33.8 Å². The van der Waals surface area contributed by atoms with Crippen molar-refractivity contribution in [1.29, 1.82) is 0 Å². The molecule has 3 atom stereocenters. The van der Waals surface area contributed by atoms with Crippen LogP contribution in [0.5, 0.6) is 0 Å². The zero-order chi connectivity index (χ0) is 33.6. The van der Waals surface area contributed by atoms with Gasteiger partial charge in [-0.1, -0.05) is 25.2 Å². The van der Waals surface area contributed by atoms with Gasteiger partial charge in [0.15, 0.2) is 10.9 Å². The van der Waals surface area contributed by atoms with Crippen molar-refractivity contribution in [2.24, 2.45) is 11.8 Å². The minimum atomic E-state index is -0.668. The predicted octanol–water partition coefficient (Wildman–Crippen LogP) is 5.33. The third-order valence-corrected chi connectivity index (χ3v) is 10.5. The number of anilines is 1. The van der Waals surface area contributed by atoms with Crippen molar-refractivity contribution in [3.63, 3.8) is 0 Å². The molecule has 1 amide bonds. The number of amides is 1. The van der Waals surface area contributed by atoms with E-state index in [-0.39, 0.29) is 36.3 Å². The van der Waals surface area contributed by atoms with Crippen LogP contribution in [0, 0.1) is 11.8 Å². The molecule has 262 valence electrons. The highest BCUT2D eigenvalue weighted by Gasteiger charge is 2.53. The summed E-state index contributed by atoms with van der Waals surface area (Å²) in [4.78, 5) is 36.3. The van der Waals surface area contributed by atoms with Crippen LogP contribution in [0.2, 0.25) is 0 Å². The number of hydrogen-bond acceptors (Lipinski definition) is 11. The number of methoxy groups -OCH3 is 1. The van der Waals surface area contributed by atoms with Gasteiger partial charge in [-0.05, 0) is 81.5 Å². The van der Waals surface area contributed by atoms with E-state index in [1.807, 2.05) is 26.8 Å². The Labute approximate surface area is 283 Å². The summed E-state index contributed by atoms with van der Waals surface area (Å²) in [6, 6.07) is 4.04. The van der Waals surface area contributed by atoms with Crippen LogP contribution in [-0.4, -0.2) is 120 Å². The molecular formula is C35H53N3O8S. The number of hydrogen-bond donors (Lipinski definition) is 0. The lowest BCUT2D eigenvalue weighted by Crippen LogP contribution is -2.61. The number of piperidine rings is 1. The predicted molar refractivity (Wildman–Crippen MR) is 182 cm³/mol. The summed E-state index contributed by atoms with van der Waals surface area (Å²) in [5.74, 6) is 1.19. The van der Waals surface area contributed by atoms with Gasteiger partial charge in [0.25, 0.3) is 0 Å². The molecule has 0 unspecified atom stereocenters. The van der Waals surface area contributed by atoms with Crippen LogP contribution < -0.4 is 4.90 Å². The van der Waals surface area contributed by atoms with E-state index in [4.69, 9.17) is 33.4 Å². The summed E-state index contributed by atoms with van der Waals surface area (Å²) >= 11 is 1.41. The minimum Gasteiger partial charge on any atom is -0.443 e. The van der Waals surface area contributed by atoms with Gasteiger partial charge in [0.05, 0.1) is 82.3 Å². The fraction of sp³-hybridized carbons (Fsp3) is 0.743. The van der Waals surface area contributed by atoms with Crippen molar-refractivity contribution >= 4 is 38.6 Å². The van der Waals surface area contributed by atoms with Gasteiger partial charge in [-0.15, -0.1) is 0 Å². The second kappa shape index (κ2) is 16.0. The maximum Gasteiger partial charge on any atom is 0.416 e. The van der Waals surface area contributed by atoms with Crippen LogP contribution in [0.3, 0.4) is 0 Å². The molecule has 5 rings (SSSR count). The van der Waals surface area contributed by atoms with Gasteiger partial charge in [-0.2, -0.15) is 0 Å². The zero-order valence-electron chi connectivity index (χ0n) is 29.0. The number of ether oxygens (including phenoxy) is 6. The quantitative estimate of drug-likeness (QED) is 0.193. The standard InChI is InChI=1S/C35H53N3O8S/c1-24-30-31(39)26-21-29-28(22-27(26)35(24,5)9-10-37(30)23-25-7-8-25)36-32(47-29)38(33(40)46-34(2,3)4)11-12-42-15-16-44-19-20-45-18-17-43-14-13-41-6/h21-22,24-25,30H,7-20,23H2,1-6H3/t24-,30-,35+/m0/s1. The number of carbonyl (C=O) groups is 2. The van der Waals surface area contributed by atoms with Crippen LogP contribution >= 0.6 is 11.3 Å². The van der Waals surface area contributed by atoms with Crippen LogP contribution in [0.25, 0.3) is 10.2 Å². The van der Waals surface area contributed by atoms with Gasteiger partial charge in [0, 0.05) is 19.2 Å². The molecule has 2 aromatic rings. The molecule has 0 radical (unpaired) electrons. The summed E-state index contributed by atoms with van der Waals surface area (Å²) in [6.07, 6.45) is 3.09. The van der Waals surface area contributed by atoms with E-state index >= 15 is 0 Å². The van der Waals surface area contributed by atoms with Crippen LogP contribution in [0.4, 0.5) is 9.93 Å². The lowest BCUT2D eigenvalue weighted by Gasteiger charge is -2.53. The number of benzene rings is 1. The van der Waals surface area contributed by atoms with E-state index in [1.54, 1.807) is 12.0 Å². The SMILES string of the molecule is COCCOCCOCCOCCOCCN(C(=O)OC(C)(C)C)c1nc2cc3c(cc2s1)C(=O)[C@@H]1[C@H](C)[C@@]3(C)CCN1CC1CC1. The number of rotatable bonds is 18. The maximum atomic E-state index is 14.0. The summed E-state index contributed by atoms with van der Waals surface area (Å²) < 4.78 is 33.8. The average Bonchev–Trinajstić information content (AvgIpc) is 3.74. The lowest BCUT2D eigenvalue weighted by molar-refractivity contribution is -0.00736. The van der Waals surface area contributed by atoms with E-state index in [1.165, 1.54) is 24.2 Å². The largest absolute Gasteiger partial charge is 0.443 e. The molecule has 2 aliphatic carbocycles. The number of carbonyl (C=O) groups excluding carboxylic acids is 2. The van der Waals surface area contributed by atoms with E-state index in [9.17, 15) is 9.59 Å². The van der Waals surface area contributed by atoms with Gasteiger partial charge in [-0.25, -0.2) is 9.78 Å². The number of aromatic nitrogens is 1. The summed E-state index contributed by atoms with van der Waals surface area (Å²) in [5, 5.41) is 0.531. The third kappa shape index (κ3) is 9.09. The first-order chi connectivity index (χ1) is 22.5. The van der Waals surface area contributed by atoms with Crippen molar-refractivity contribution < 1.29 is 38.0 Å². The highest BCUT2D eigenvalue weighted by atomic mass is 32.1. The lowest BCUT2D eigenvalue weighted by atomic mass is 9.58. The monoisotopic (exact) mass is 675 g/mol. The van der Waals surface area contributed by atoms with Crippen LogP contribution in [0.1, 0.15) is 69.8 Å². The molecule has 1 aromatic heterocycles. The Balaban J connectivity index is 1.20. The molecule has 1 saturated heterocycles. The second-order valence-electron chi connectivity index (χ2n) is 14.1. The molecule has 1 aromatic carbocycles. The maximum absolute atomic E-state index is 14.0. The highest BCUT2D eigenvalue weighted by Crippen LogP contribution is 2.50. The van der Waals surface area contributed by atoms with E-state index in [0.29, 0.717) is 58.0 Å². The molecular weight excluding hydrogens is 622 g/mol. The Hall–Kier alpha value is -2.19. The Morgan fingerprint density at radius 3 is 2.21 bits per heavy atom. The molecule has 2 fully saturated rings.